The lowest BCUT2D eigenvalue weighted by Gasteiger charge is -2.34. The van der Waals surface area contributed by atoms with E-state index in [9.17, 15) is 8.42 Å². The van der Waals surface area contributed by atoms with Crippen molar-refractivity contribution >= 4 is 15.7 Å². The van der Waals surface area contributed by atoms with Crippen molar-refractivity contribution in [3.63, 3.8) is 0 Å². The van der Waals surface area contributed by atoms with Gasteiger partial charge in [-0.25, -0.2) is 8.42 Å². The van der Waals surface area contributed by atoms with Crippen LogP contribution in [0.15, 0.2) is 53.4 Å². The van der Waals surface area contributed by atoms with Crippen molar-refractivity contribution in [3.05, 3.63) is 59.7 Å². The molecule has 0 aromatic heterocycles. The lowest BCUT2D eigenvalue weighted by Crippen LogP contribution is -2.39. The summed E-state index contributed by atoms with van der Waals surface area (Å²) in [5.41, 5.74) is 2.71. The van der Waals surface area contributed by atoms with Crippen molar-refractivity contribution < 1.29 is 8.42 Å². The van der Waals surface area contributed by atoms with Gasteiger partial charge in [0.25, 0.3) is 10.0 Å². The van der Waals surface area contributed by atoms with E-state index >= 15 is 0 Å². The molecule has 0 amide bonds. The van der Waals surface area contributed by atoms with Crippen LogP contribution in [0.2, 0.25) is 0 Å². The number of rotatable bonds is 2. The van der Waals surface area contributed by atoms with Crippen molar-refractivity contribution in [1.29, 1.82) is 0 Å². The third kappa shape index (κ3) is 2.44. The number of aryl methyl sites for hydroxylation is 1. The molecule has 4 heteroatoms. The third-order valence-electron chi connectivity index (χ3n) is 3.97. The summed E-state index contributed by atoms with van der Waals surface area (Å²) in [7, 11) is -3.51. The number of hydrogen-bond donors (Lipinski definition) is 0. The molecule has 0 fully saturated rings. The molecule has 3 rings (SSSR count). The van der Waals surface area contributed by atoms with Gasteiger partial charge in [0.15, 0.2) is 0 Å². The summed E-state index contributed by atoms with van der Waals surface area (Å²) < 4.78 is 27.7. The van der Waals surface area contributed by atoms with Gasteiger partial charge in [0.1, 0.15) is 0 Å². The maximum atomic E-state index is 13.0. The van der Waals surface area contributed by atoms with Crippen LogP contribution in [0.3, 0.4) is 0 Å². The van der Waals surface area contributed by atoms with Gasteiger partial charge < -0.3 is 0 Å². The van der Waals surface area contributed by atoms with E-state index < -0.39 is 10.0 Å². The number of para-hydroxylation sites is 1. The number of sulfonamides is 1. The summed E-state index contributed by atoms with van der Waals surface area (Å²) >= 11 is 0. The van der Waals surface area contributed by atoms with E-state index in [0.29, 0.717) is 17.4 Å². The maximum Gasteiger partial charge on any atom is 0.264 e. The fourth-order valence-corrected chi connectivity index (χ4v) is 4.79. The van der Waals surface area contributed by atoms with Gasteiger partial charge in [-0.3, -0.25) is 4.31 Å². The van der Waals surface area contributed by atoms with Gasteiger partial charge in [-0.15, -0.1) is 0 Å². The molecule has 21 heavy (non-hydrogen) atoms. The highest BCUT2D eigenvalue weighted by atomic mass is 32.2. The van der Waals surface area contributed by atoms with E-state index in [1.165, 1.54) is 0 Å². The first-order chi connectivity index (χ1) is 10.00. The fourth-order valence-electron chi connectivity index (χ4n) is 2.94. The van der Waals surface area contributed by atoms with Gasteiger partial charge in [0, 0.05) is 6.54 Å². The zero-order chi connectivity index (χ0) is 15.0. The van der Waals surface area contributed by atoms with Crippen molar-refractivity contribution in [2.75, 3.05) is 10.8 Å². The maximum absolute atomic E-state index is 13.0. The zero-order valence-corrected chi connectivity index (χ0v) is 13.1. The summed E-state index contributed by atoms with van der Waals surface area (Å²) in [6.45, 7) is 4.47. The first-order valence-corrected chi connectivity index (χ1v) is 8.60. The molecule has 0 spiro atoms. The lowest BCUT2D eigenvalue weighted by atomic mass is 9.96. The van der Waals surface area contributed by atoms with Crippen molar-refractivity contribution in [3.8, 4) is 0 Å². The number of anilines is 1. The van der Waals surface area contributed by atoms with E-state index in [-0.39, 0.29) is 0 Å². The Hall–Kier alpha value is -1.81. The molecule has 1 unspecified atom stereocenters. The first kappa shape index (κ1) is 14.1. The van der Waals surface area contributed by atoms with Crippen LogP contribution in [0, 0.1) is 12.8 Å². The first-order valence-electron chi connectivity index (χ1n) is 7.16. The molecule has 1 atom stereocenters. The molecule has 0 saturated heterocycles. The van der Waals surface area contributed by atoms with Crippen molar-refractivity contribution in [2.24, 2.45) is 5.92 Å². The zero-order valence-electron chi connectivity index (χ0n) is 12.3. The standard InChI is InChI=1S/C17H19NO2S/c1-13-11-15-8-4-5-9-16(15)18(12-13)21(19,20)17-10-6-3-7-14(17)2/h3-10,13H,11-12H2,1-2H3. The molecule has 2 aromatic rings. The van der Waals surface area contributed by atoms with E-state index in [0.717, 1.165) is 23.2 Å². The molecule has 0 saturated carbocycles. The summed E-state index contributed by atoms with van der Waals surface area (Å²) in [4.78, 5) is 0.397. The van der Waals surface area contributed by atoms with E-state index in [4.69, 9.17) is 0 Å². The molecule has 2 aromatic carbocycles. The molecular formula is C17H19NO2S. The number of benzene rings is 2. The Morgan fingerprint density at radius 3 is 2.48 bits per heavy atom. The third-order valence-corrected chi connectivity index (χ3v) is 5.91. The Morgan fingerprint density at radius 1 is 1.05 bits per heavy atom. The highest BCUT2D eigenvalue weighted by Gasteiger charge is 2.32. The summed E-state index contributed by atoms with van der Waals surface area (Å²) in [6.07, 6.45) is 0.927. The van der Waals surface area contributed by atoms with Gasteiger partial charge in [-0.2, -0.15) is 0 Å². The Kier molecular flexibility index (Phi) is 3.49. The number of hydrogen-bond acceptors (Lipinski definition) is 2. The average Bonchev–Trinajstić information content (AvgIpc) is 2.46. The molecule has 3 nitrogen and oxygen atoms in total. The van der Waals surface area contributed by atoms with Gasteiger partial charge >= 0.3 is 0 Å². The van der Waals surface area contributed by atoms with E-state index in [1.807, 2.05) is 43.3 Å². The van der Waals surface area contributed by atoms with Gasteiger partial charge in [-0.05, 0) is 42.5 Å². The highest BCUT2D eigenvalue weighted by molar-refractivity contribution is 7.92. The smallest absolute Gasteiger partial charge is 0.264 e. The fraction of sp³-hybridized carbons (Fsp3) is 0.294. The topological polar surface area (TPSA) is 37.4 Å². The largest absolute Gasteiger partial charge is 0.266 e. The molecule has 0 N–H and O–H groups in total. The molecule has 0 aliphatic carbocycles. The Morgan fingerprint density at radius 2 is 1.71 bits per heavy atom. The van der Waals surface area contributed by atoms with Crippen molar-refractivity contribution in [2.45, 2.75) is 25.2 Å². The number of fused-ring (bicyclic) bond motifs is 1. The van der Waals surface area contributed by atoms with Crippen molar-refractivity contribution in [1.82, 2.24) is 0 Å². The second kappa shape index (κ2) is 5.19. The molecule has 1 aliphatic rings. The molecule has 110 valence electrons. The molecule has 1 aliphatic heterocycles. The van der Waals surface area contributed by atoms with Crippen LogP contribution in [-0.4, -0.2) is 15.0 Å². The van der Waals surface area contributed by atoms with Crippen LogP contribution < -0.4 is 4.31 Å². The average molecular weight is 301 g/mol. The SMILES string of the molecule is Cc1ccccc1S(=O)(=O)N1CC(C)Cc2ccccc21. The highest BCUT2D eigenvalue weighted by Crippen LogP contribution is 2.34. The van der Waals surface area contributed by atoms with Gasteiger partial charge in [0.05, 0.1) is 10.6 Å². The summed E-state index contributed by atoms with van der Waals surface area (Å²) in [5, 5.41) is 0. The predicted octanol–water partition coefficient (Wildman–Crippen LogP) is 3.38. The van der Waals surface area contributed by atoms with Gasteiger partial charge in [0.2, 0.25) is 0 Å². The molecular weight excluding hydrogens is 282 g/mol. The van der Waals surface area contributed by atoms with E-state index in [2.05, 4.69) is 6.92 Å². The Labute approximate surface area is 126 Å². The minimum atomic E-state index is -3.51. The number of nitrogens with zero attached hydrogens (tertiary/aromatic N) is 1. The van der Waals surface area contributed by atoms with E-state index in [1.54, 1.807) is 16.4 Å². The minimum absolute atomic E-state index is 0.318. The molecule has 1 heterocycles. The predicted molar refractivity (Wildman–Crippen MR) is 85.0 cm³/mol. The second-order valence-electron chi connectivity index (χ2n) is 5.74. The van der Waals surface area contributed by atoms with Crippen LogP contribution in [0.1, 0.15) is 18.1 Å². The monoisotopic (exact) mass is 301 g/mol. The lowest BCUT2D eigenvalue weighted by molar-refractivity contribution is 0.544. The minimum Gasteiger partial charge on any atom is -0.266 e. The Balaban J connectivity index is 2.14. The quantitative estimate of drug-likeness (QED) is 0.852. The molecule has 0 radical (unpaired) electrons. The molecule has 0 bridgehead atoms. The summed E-state index contributed by atoms with van der Waals surface area (Å²) in [6, 6.07) is 15.0. The second-order valence-corrected chi connectivity index (χ2v) is 7.57. The van der Waals surface area contributed by atoms with Crippen LogP contribution in [0.4, 0.5) is 5.69 Å². The normalized spacial score (nSPS) is 18.4. The van der Waals surface area contributed by atoms with Gasteiger partial charge in [-0.1, -0.05) is 43.3 Å². The van der Waals surface area contributed by atoms with Crippen LogP contribution in [-0.2, 0) is 16.4 Å². The van der Waals surface area contributed by atoms with Crippen LogP contribution >= 0.6 is 0 Å². The van der Waals surface area contributed by atoms with Crippen LogP contribution in [0.25, 0.3) is 0 Å². The Bertz CT molecular complexity index is 768. The summed E-state index contributed by atoms with van der Waals surface area (Å²) in [5.74, 6) is 0.318. The van der Waals surface area contributed by atoms with Crippen LogP contribution in [0.5, 0.6) is 0 Å².